The zero-order chi connectivity index (χ0) is 22.2. The summed E-state index contributed by atoms with van der Waals surface area (Å²) in [6.45, 7) is 4.20. The van der Waals surface area contributed by atoms with Crippen LogP contribution in [0.4, 0.5) is 4.79 Å². The number of aliphatic hydroxyl groups excluding tert-OH is 1. The molecule has 0 saturated heterocycles. The summed E-state index contributed by atoms with van der Waals surface area (Å²) in [5, 5.41) is 39.8. The number of amides is 1. The van der Waals surface area contributed by atoms with Crippen LogP contribution in [0.5, 0.6) is 0 Å². The van der Waals surface area contributed by atoms with Crippen LogP contribution in [-0.4, -0.2) is 74.4 Å². The number of hydrogen-bond donors (Lipinski definition) is 5. The van der Waals surface area contributed by atoms with Crippen LogP contribution < -0.4 is 5.32 Å². The molecule has 0 aromatic heterocycles. The predicted octanol–water partition coefficient (Wildman–Crippen LogP) is 0.404. The molecule has 0 bridgehead atoms. The van der Waals surface area contributed by atoms with Crippen LogP contribution in [0.2, 0.25) is 0 Å². The maximum absolute atomic E-state index is 11.7. The average Bonchev–Trinajstić information content (AvgIpc) is 2.55. The Hall–Kier alpha value is -2.69. The number of nitrogens with one attached hydrogen (secondary N) is 1. The van der Waals surface area contributed by atoms with Gasteiger partial charge in [-0.1, -0.05) is 24.3 Å². The van der Waals surface area contributed by atoms with Crippen molar-refractivity contribution in [2.24, 2.45) is 0 Å². The van der Waals surface area contributed by atoms with Crippen molar-refractivity contribution in [3.05, 3.63) is 35.4 Å². The van der Waals surface area contributed by atoms with E-state index in [0.29, 0.717) is 5.56 Å². The molecule has 0 aliphatic carbocycles. The lowest BCUT2D eigenvalue weighted by Gasteiger charge is -2.30. The summed E-state index contributed by atoms with van der Waals surface area (Å²) in [6.07, 6.45) is -2.46. The average molecular weight is 412 g/mol. The van der Waals surface area contributed by atoms with Crippen molar-refractivity contribution in [3.63, 3.8) is 0 Å². The van der Waals surface area contributed by atoms with Crippen molar-refractivity contribution < 1.29 is 39.5 Å². The van der Waals surface area contributed by atoms with Gasteiger partial charge in [0.1, 0.15) is 5.60 Å². The Morgan fingerprint density at radius 1 is 1.00 bits per heavy atom. The molecule has 0 aliphatic rings. The molecular weight excluding hydrogens is 384 g/mol. The Morgan fingerprint density at radius 3 is 1.90 bits per heavy atom. The molecule has 29 heavy (non-hydrogen) atoms. The highest BCUT2D eigenvalue weighted by Crippen LogP contribution is 2.14. The molecule has 0 saturated carbocycles. The molecule has 0 aliphatic heterocycles. The maximum Gasteiger partial charge on any atom is 0.407 e. The van der Waals surface area contributed by atoms with E-state index in [-0.39, 0.29) is 13.0 Å². The van der Waals surface area contributed by atoms with Crippen molar-refractivity contribution in [1.29, 1.82) is 0 Å². The van der Waals surface area contributed by atoms with Gasteiger partial charge in [0.05, 0.1) is 19.1 Å². The first-order valence-electron chi connectivity index (χ1n) is 8.96. The van der Waals surface area contributed by atoms with Crippen LogP contribution in [-0.2, 0) is 27.3 Å². The lowest BCUT2D eigenvalue weighted by Crippen LogP contribution is -2.49. The standard InChI is InChI=1S/C19H28N2O8/c1-19(2,3)29-18(28)20-9-13-6-4-12(5-7-13)8-14(17(26)27)21(10-15(22)23)11-16(24)25/h4-7,14,17,26-27H,8-11H2,1-3H3,(H,20,28)(H,22,23)(H,24,25). The zero-order valence-electron chi connectivity index (χ0n) is 16.7. The molecule has 0 fully saturated rings. The number of ether oxygens (including phenoxy) is 1. The fraction of sp³-hybridized carbons (Fsp3) is 0.526. The number of carboxylic acids is 2. The van der Waals surface area contributed by atoms with Gasteiger partial charge in [0.2, 0.25) is 0 Å². The molecule has 0 radical (unpaired) electrons. The largest absolute Gasteiger partial charge is 0.480 e. The quantitative estimate of drug-likeness (QED) is 0.343. The third-order valence-electron chi connectivity index (χ3n) is 3.79. The maximum atomic E-state index is 11.7. The third kappa shape index (κ3) is 9.88. The second-order valence-electron chi connectivity index (χ2n) is 7.55. The van der Waals surface area contributed by atoms with Crippen LogP contribution in [0.3, 0.4) is 0 Å². The number of carbonyl (C=O) groups is 3. The van der Waals surface area contributed by atoms with Gasteiger partial charge in [-0.05, 0) is 38.3 Å². The van der Waals surface area contributed by atoms with Crippen LogP contribution >= 0.6 is 0 Å². The highest BCUT2D eigenvalue weighted by Gasteiger charge is 2.28. The number of alkyl carbamates (subject to hydrolysis) is 1. The van der Waals surface area contributed by atoms with Crippen LogP contribution in [0.15, 0.2) is 24.3 Å². The second-order valence-corrected chi connectivity index (χ2v) is 7.55. The van der Waals surface area contributed by atoms with E-state index in [2.05, 4.69) is 5.32 Å². The summed E-state index contributed by atoms with van der Waals surface area (Å²) in [4.78, 5) is 34.6. The third-order valence-corrected chi connectivity index (χ3v) is 3.79. The van der Waals surface area contributed by atoms with Gasteiger partial charge in [0.15, 0.2) is 6.29 Å². The van der Waals surface area contributed by atoms with Crippen molar-refractivity contribution in [1.82, 2.24) is 10.2 Å². The van der Waals surface area contributed by atoms with E-state index in [1.54, 1.807) is 45.0 Å². The van der Waals surface area contributed by atoms with E-state index in [0.717, 1.165) is 10.5 Å². The van der Waals surface area contributed by atoms with Gasteiger partial charge >= 0.3 is 18.0 Å². The van der Waals surface area contributed by atoms with Crippen molar-refractivity contribution in [2.45, 2.75) is 51.7 Å². The highest BCUT2D eigenvalue weighted by molar-refractivity contribution is 5.72. The minimum Gasteiger partial charge on any atom is -0.480 e. The topological polar surface area (TPSA) is 157 Å². The number of nitrogens with zero attached hydrogens (tertiary/aromatic N) is 1. The highest BCUT2D eigenvalue weighted by atomic mass is 16.6. The van der Waals surface area contributed by atoms with Crippen LogP contribution in [0.1, 0.15) is 31.9 Å². The molecule has 1 atom stereocenters. The summed E-state index contributed by atoms with van der Waals surface area (Å²) >= 11 is 0. The van der Waals surface area contributed by atoms with E-state index < -0.39 is 49.1 Å². The van der Waals surface area contributed by atoms with Gasteiger partial charge in [-0.2, -0.15) is 0 Å². The number of hydrogen-bond acceptors (Lipinski definition) is 7. The fourth-order valence-corrected chi connectivity index (χ4v) is 2.58. The lowest BCUT2D eigenvalue weighted by molar-refractivity contribution is -0.149. The zero-order valence-corrected chi connectivity index (χ0v) is 16.7. The minimum atomic E-state index is -1.93. The van der Waals surface area contributed by atoms with Gasteiger partial charge in [-0.25, -0.2) is 4.79 Å². The SMILES string of the molecule is CC(C)(C)OC(=O)NCc1ccc(CC(C(O)O)N(CC(=O)O)CC(=O)O)cc1. The molecule has 10 nitrogen and oxygen atoms in total. The molecular formula is C19H28N2O8. The molecule has 162 valence electrons. The molecule has 1 amide bonds. The first kappa shape index (κ1) is 24.3. The smallest absolute Gasteiger partial charge is 0.407 e. The van der Waals surface area contributed by atoms with Gasteiger partial charge < -0.3 is 30.5 Å². The van der Waals surface area contributed by atoms with Gasteiger partial charge in [-0.3, -0.25) is 14.5 Å². The minimum absolute atomic E-state index is 0.0258. The Balaban J connectivity index is 2.77. The molecule has 0 spiro atoms. The first-order valence-corrected chi connectivity index (χ1v) is 8.96. The van der Waals surface area contributed by atoms with Gasteiger partial charge in [0.25, 0.3) is 0 Å². The van der Waals surface area contributed by atoms with Gasteiger partial charge in [0, 0.05) is 6.54 Å². The molecule has 1 rings (SSSR count). The van der Waals surface area contributed by atoms with E-state index in [9.17, 15) is 24.6 Å². The molecule has 1 unspecified atom stereocenters. The number of carboxylic acid groups (broad SMARTS) is 2. The normalized spacial score (nSPS) is 12.7. The van der Waals surface area contributed by atoms with E-state index >= 15 is 0 Å². The van der Waals surface area contributed by atoms with Crippen molar-refractivity contribution in [2.75, 3.05) is 13.1 Å². The Labute approximate surface area is 168 Å². The van der Waals surface area contributed by atoms with Crippen LogP contribution in [0.25, 0.3) is 0 Å². The lowest BCUT2D eigenvalue weighted by atomic mass is 10.0. The molecule has 5 N–H and O–H groups in total. The number of aliphatic carboxylic acids is 2. The number of aliphatic hydroxyl groups is 2. The van der Waals surface area contributed by atoms with Crippen LogP contribution in [0, 0.1) is 0 Å². The predicted molar refractivity (Wildman–Crippen MR) is 102 cm³/mol. The second kappa shape index (κ2) is 10.7. The van der Waals surface area contributed by atoms with Crippen molar-refractivity contribution >= 4 is 18.0 Å². The Morgan fingerprint density at radius 2 is 1.48 bits per heavy atom. The van der Waals surface area contributed by atoms with Gasteiger partial charge in [-0.15, -0.1) is 0 Å². The summed E-state index contributed by atoms with van der Waals surface area (Å²) in [7, 11) is 0. The molecule has 1 aromatic rings. The summed E-state index contributed by atoms with van der Waals surface area (Å²) in [5.41, 5.74) is 0.810. The monoisotopic (exact) mass is 412 g/mol. The van der Waals surface area contributed by atoms with E-state index in [1.807, 2.05) is 0 Å². The number of rotatable bonds is 10. The molecule has 10 heteroatoms. The summed E-state index contributed by atoms with van der Waals surface area (Å²) in [5.74, 6) is -2.55. The van der Waals surface area contributed by atoms with Crippen molar-refractivity contribution in [3.8, 4) is 0 Å². The fourth-order valence-electron chi connectivity index (χ4n) is 2.58. The summed E-state index contributed by atoms with van der Waals surface area (Å²) < 4.78 is 5.14. The molecule has 0 heterocycles. The number of carbonyl (C=O) groups excluding carboxylic acids is 1. The van der Waals surface area contributed by atoms with E-state index in [4.69, 9.17) is 14.9 Å². The Kier molecular flexibility index (Phi) is 9.02. The Bertz CT molecular complexity index is 681. The molecule has 1 aromatic carbocycles. The van der Waals surface area contributed by atoms with E-state index in [1.165, 1.54) is 0 Å². The first-order chi connectivity index (χ1) is 13.4. The summed E-state index contributed by atoms with van der Waals surface area (Å²) in [6, 6.07) is 5.67. The number of benzene rings is 1.